The average Bonchev–Trinajstić information content (AvgIpc) is 2.48. The summed E-state index contributed by atoms with van der Waals surface area (Å²) in [5.74, 6) is 2.49. The molecule has 0 saturated heterocycles. The maximum atomic E-state index is 5.93. The molecule has 21 heavy (non-hydrogen) atoms. The van der Waals surface area contributed by atoms with E-state index >= 15 is 0 Å². The Morgan fingerprint density at radius 1 is 1.29 bits per heavy atom. The highest BCUT2D eigenvalue weighted by Gasteiger charge is 2.07. The molecule has 0 atom stereocenters. The SMILES string of the molecule is CCCNc1ncc(C)c(Oc2cccc(C(C)C)c2)n1. The van der Waals surface area contributed by atoms with Gasteiger partial charge in [-0.05, 0) is 37.0 Å². The smallest absolute Gasteiger partial charge is 0.226 e. The van der Waals surface area contributed by atoms with E-state index in [-0.39, 0.29) is 0 Å². The molecule has 1 heterocycles. The number of rotatable bonds is 6. The molecule has 4 heteroatoms. The van der Waals surface area contributed by atoms with Gasteiger partial charge in [-0.3, -0.25) is 0 Å². The summed E-state index contributed by atoms with van der Waals surface area (Å²) in [6.45, 7) is 9.25. The second-order valence-electron chi connectivity index (χ2n) is 5.44. The van der Waals surface area contributed by atoms with Crippen LogP contribution in [0.3, 0.4) is 0 Å². The largest absolute Gasteiger partial charge is 0.439 e. The zero-order valence-corrected chi connectivity index (χ0v) is 13.2. The summed E-state index contributed by atoms with van der Waals surface area (Å²) in [6, 6.07) is 8.13. The van der Waals surface area contributed by atoms with Gasteiger partial charge in [-0.2, -0.15) is 4.98 Å². The average molecular weight is 285 g/mol. The number of aromatic nitrogens is 2. The van der Waals surface area contributed by atoms with Gasteiger partial charge in [-0.15, -0.1) is 0 Å². The lowest BCUT2D eigenvalue weighted by molar-refractivity contribution is 0.457. The van der Waals surface area contributed by atoms with Crippen molar-refractivity contribution in [2.24, 2.45) is 0 Å². The van der Waals surface area contributed by atoms with Gasteiger partial charge in [0.15, 0.2) is 0 Å². The minimum Gasteiger partial charge on any atom is -0.439 e. The predicted molar refractivity (Wildman–Crippen MR) is 86.2 cm³/mol. The molecule has 0 bridgehead atoms. The Kier molecular flexibility index (Phi) is 5.14. The summed E-state index contributed by atoms with van der Waals surface area (Å²) >= 11 is 0. The van der Waals surface area contributed by atoms with E-state index in [1.54, 1.807) is 6.20 Å². The Balaban J connectivity index is 2.20. The summed E-state index contributed by atoms with van der Waals surface area (Å²) in [4.78, 5) is 8.70. The quantitative estimate of drug-likeness (QED) is 0.847. The molecule has 0 aliphatic carbocycles. The number of hydrogen-bond acceptors (Lipinski definition) is 4. The molecule has 2 aromatic rings. The molecule has 0 radical (unpaired) electrons. The van der Waals surface area contributed by atoms with E-state index in [1.807, 2.05) is 19.1 Å². The molecule has 4 nitrogen and oxygen atoms in total. The number of benzene rings is 1. The van der Waals surface area contributed by atoms with Gasteiger partial charge in [0, 0.05) is 18.3 Å². The third kappa shape index (κ3) is 4.18. The number of anilines is 1. The Labute approximate surface area is 126 Å². The zero-order chi connectivity index (χ0) is 15.2. The van der Waals surface area contributed by atoms with Gasteiger partial charge in [0.25, 0.3) is 0 Å². The number of hydrogen-bond donors (Lipinski definition) is 1. The van der Waals surface area contributed by atoms with Gasteiger partial charge in [0.05, 0.1) is 0 Å². The van der Waals surface area contributed by atoms with Crippen molar-refractivity contribution in [1.29, 1.82) is 0 Å². The lowest BCUT2D eigenvalue weighted by atomic mass is 10.0. The summed E-state index contributed by atoms with van der Waals surface area (Å²) in [5, 5.41) is 3.18. The second kappa shape index (κ2) is 7.07. The summed E-state index contributed by atoms with van der Waals surface area (Å²) in [7, 11) is 0. The van der Waals surface area contributed by atoms with Crippen LogP contribution in [-0.2, 0) is 0 Å². The van der Waals surface area contributed by atoms with Gasteiger partial charge in [0.2, 0.25) is 11.8 Å². The van der Waals surface area contributed by atoms with E-state index in [4.69, 9.17) is 4.74 Å². The molecule has 1 aromatic heterocycles. The van der Waals surface area contributed by atoms with Crippen molar-refractivity contribution in [1.82, 2.24) is 9.97 Å². The molecule has 2 rings (SSSR count). The molecule has 0 saturated carbocycles. The van der Waals surface area contributed by atoms with Gasteiger partial charge >= 0.3 is 0 Å². The molecular weight excluding hydrogens is 262 g/mol. The van der Waals surface area contributed by atoms with Crippen molar-refractivity contribution in [2.45, 2.75) is 40.0 Å². The molecule has 0 amide bonds. The highest BCUT2D eigenvalue weighted by molar-refractivity contribution is 5.37. The highest BCUT2D eigenvalue weighted by Crippen LogP contribution is 2.26. The first-order valence-electron chi connectivity index (χ1n) is 7.45. The van der Waals surface area contributed by atoms with E-state index in [1.165, 1.54) is 5.56 Å². The minimum atomic E-state index is 0.474. The lowest BCUT2D eigenvalue weighted by Gasteiger charge is -2.11. The van der Waals surface area contributed by atoms with Crippen LogP contribution < -0.4 is 10.1 Å². The number of ether oxygens (including phenoxy) is 1. The summed E-state index contributed by atoms with van der Waals surface area (Å²) < 4.78 is 5.93. The van der Waals surface area contributed by atoms with Crippen LogP contribution in [0.5, 0.6) is 11.6 Å². The maximum Gasteiger partial charge on any atom is 0.226 e. The van der Waals surface area contributed by atoms with Gasteiger partial charge in [-0.25, -0.2) is 4.98 Å². The molecular formula is C17H23N3O. The Hall–Kier alpha value is -2.10. The van der Waals surface area contributed by atoms with Crippen molar-refractivity contribution < 1.29 is 4.74 Å². The monoisotopic (exact) mass is 285 g/mol. The number of nitrogens with zero attached hydrogens (tertiary/aromatic N) is 2. The van der Waals surface area contributed by atoms with Crippen LogP contribution in [0, 0.1) is 6.92 Å². The third-order valence-electron chi connectivity index (χ3n) is 3.20. The van der Waals surface area contributed by atoms with E-state index in [2.05, 4.69) is 48.2 Å². The topological polar surface area (TPSA) is 47.0 Å². The fourth-order valence-corrected chi connectivity index (χ4v) is 1.90. The van der Waals surface area contributed by atoms with Crippen LogP contribution in [0.25, 0.3) is 0 Å². The van der Waals surface area contributed by atoms with Gasteiger partial charge < -0.3 is 10.1 Å². The fourth-order valence-electron chi connectivity index (χ4n) is 1.90. The van der Waals surface area contributed by atoms with Crippen molar-refractivity contribution in [2.75, 3.05) is 11.9 Å². The summed E-state index contributed by atoms with van der Waals surface area (Å²) in [6.07, 6.45) is 2.82. The molecule has 0 aliphatic rings. The van der Waals surface area contributed by atoms with Crippen LogP contribution >= 0.6 is 0 Å². The molecule has 0 unspecified atom stereocenters. The highest BCUT2D eigenvalue weighted by atomic mass is 16.5. The second-order valence-corrected chi connectivity index (χ2v) is 5.44. The maximum absolute atomic E-state index is 5.93. The lowest BCUT2D eigenvalue weighted by Crippen LogP contribution is -2.05. The van der Waals surface area contributed by atoms with Crippen LogP contribution in [0.15, 0.2) is 30.5 Å². The van der Waals surface area contributed by atoms with Gasteiger partial charge in [0.1, 0.15) is 5.75 Å². The van der Waals surface area contributed by atoms with Crippen molar-refractivity contribution in [3.05, 3.63) is 41.6 Å². The molecule has 0 fully saturated rings. The fraction of sp³-hybridized carbons (Fsp3) is 0.412. The first kappa shape index (κ1) is 15.3. The number of aryl methyl sites for hydroxylation is 1. The van der Waals surface area contributed by atoms with Crippen LogP contribution in [0.4, 0.5) is 5.95 Å². The summed E-state index contributed by atoms with van der Waals surface area (Å²) in [5.41, 5.74) is 2.18. The Bertz CT molecular complexity index is 596. The van der Waals surface area contributed by atoms with Crippen molar-refractivity contribution in [3.63, 3.8) is 0 Å². The van der Waals surface area contributed by atoms with Crippen LogP contribution in [0.1, 0.15) is 44.2 Å². The number of nitrogens with one attached hydrogen (secondary N) is 1. The zero-order valence-electron chi connectivity index (χ0n) is 13.2. The molecule has 0 aliphatic heterocycles. The van der Waals surface area contributed by atoms with Crippen LogP contribution in [0.2, 0.25) is 0 Å². The first-order valence-corrected chi connectivity index (χ1v) is 7.45. The van der Waals surface area contributed by atoms with E-state index in [0.29, 0.717) is 17.7 Å². The predicted octanol–water partition coefficient (Wildman–Crippen LogP) is 4.52. The van der Waals surface area contributed by atoms with Crippen LogP contribution in [-0.4, -0.2) is 16.5 Å². The van der Waals surface area contributed by atoms with Crippen molar-refractivity contribution >= 4 is 5.95 Å². The molecule has 1 N–H and O–H groups in total. The Morgan fingerprint density at radius 3 is 2.81 bits per heavy atom. The Morgan fingerprint density at radius 2 is 2.10 bits per heavy atom. The van der Waals surface area contributed by atoms with Crippen molar-refractivity contribution in [3.8, 4) is 11.6 Å². The normalized spacial score (nSPS) is 10.7. The standard InChI is InChI=1S/C17H23N3O/c1-5-9-18-17-19-11-13(4)16(20-17)21-15-8-6-7-14(10-15)12(2)3/h6-8,10-12H,5,9H2,1-4H3,(H,18,19,20). The third-order valence-corrected chi connectivity index (χ3v) is 3.20. The van der Waals surface area contributed by atoms with E-state index < -0.39 is 0 Å². The minimum absolute atomic E-state index is 0.474. The van der Waals surface area contributed by atoms with E-state index in [0.717, 1.165) is 24.3 Å². The first-order chi connectivity index (χ1) is 10.1. The molecule has 0 spiro atoms. The molecule has 112 valence electrons. The molecule has 1 aromatic carbocycles. The van der Waals surface area contributed by atoms with Gasteiger partial charge in [-0.1, -0.05) is 32.9 Å². The van der Waals surface area contributed by atoms with E-state index in [9.17, 15) is 0 Å².